The number of rotatable bonds is 10. The normalized spacial score (nSPS) is 11.3. The predicted octanol–water partition coefficient (Wildman–Crippen LogP) is 2.85. The lowest BCUT2D eigenvalue weighted by Gasteiger charge is -2.15. The molecule has 0 aliphatic rings. The Morgan fingerprint density at radius 1 is 1.08 bits per heavy atom. The molecule has 138 valence electrons. The molecular formula is C18H27N3O4. The molecule has 0 fully saturated rings. The molecule has 0 radical (unpaired) electrons. The van der Waals surface area contributed by atoms with Crippen LogP contribution < -0.4 is 16.2 Å². The molecule has 1 aromatic rings. The van der Waals surface area contributed by atoms with Crippen molar-refractivity contribution in [3.63, 3.8) is 0 Å². The Kier molecular flexibility index (Phi) is 9.06. The molecule has 1 atom stereocenters. The van der Waals surface area contributed by atoms with E-state index in [1.165, 1.54) is 6.92 Å². The lowest BCUT2D eigenvalue weighted by molar-refractivity contribution is -0.146. The van der Waals surface area contributed by atoms with E-state index >= 15 is 0 Å². The smallest absolute Gasteiger partial charge is 0.303 e. The quantitative estimate of drug-likeness (QED) is 0.446. The number of hydrazine groups is 1. The van der Waals surface area contributed by atoms with Crippen LogP contribution in [0.15, 0.2) is 24.3 Å². The molecule has 0 spiro atoms. The van der Waals surface area contributed by atoms with Crippen LogP contribution >= 0.6 is 0 Å². The van der Waals surface area contributed by atoms with Gasteiger partial charge in [-0.1, -0.05) is 26.7 Å². The molecule has 1 rings (SSSR count). The van der Waals surface area contributed by atoms with Gasteiger partial charge in [0, 0.05) is 18.5 Å². The molecule has 2 amide bonds. The summed E-state index contributed by atoms with van der Waals surface area (Å²) in [6.45, 7) is 5.03. The summed E-state index contributed by atoms with van der Waals surface area (Å²) in [6, 6.07) is 6.97. The summed E-state index contributed by atoms with van der Waals surface area (Å²) in [6.07, 6.45) is 3.84. The van der Waals surface area contributed by atoms with Crippen LogP contribution in [-0.4, -0.2) is 24.4 Å². The highest BCUT2D eigenvalue weighted by atomic mass is 16.5. The molecule has 7 nitrogen and oxygen atoms in total. The average molecular weight is 349 g/mol. The SMILES string of the molecule is CCCCC(CC)C(=O)Nc1ccc(NNC(=O)COC(C)=O)cc1. The first-order valence-electron chi connectivity index (χ1n) is 8.55. The van der Waals surface area contributed by atoms with Gasteiger partial charge in [-0.3, -0.25) is 25.2 Å². The van der Waals surface area contributed by atoms with Crippen LogP contribution in [0.4, 0.5) is 11.4 Å². The first-order valence-corrected chi connectivity index (χ1v) is 8.55. The van der Waals surface area contributed by atoms with Crippen molar-refractivity contribution in [1.82, 2.24) is 5.43 Å². The van der Waals surface area contributed by atoms with Crippen LogP contribution in [-0.2, 0) is 19.1 Å². The second-order valence-corrected chi connectivity index (χ2v) is 5.77. The van der Waals surface area contributed by atoms with E-state index in [2.05, 4.69) is 27.8 Å². The predicted molar refractivity (Wildman–Crippen MR) is 96.8 cm³/mol. The number of benzene rings is 1. The fourth-order valence-corrected chi connectivity index (χ4v) is 2.20. The first kappa shape index (κ1) is 20.5. The van der Waals surface area contributed by atoms with Crippen molar-refractivity contribution in [2.75, 3.05) is 17.3 Å². The van der Waals surface area contributed by atoms with Gasteiger partial charge in [-0.05, 0) is 37.1 Å². The van der Waals surface area contributed by atoms with Gasteiger partial charge in [0.1, 0.15) is 0 Å². The van der Waals surface area contributed by atoms with Crippen molar-refractivity contribution in [3.05, 3.63) is 24.3 Å². The number of esters is 1. The number of unbranched alkanes of at least 4 members (excludes halogenated alkanes) is 1. The molecule has 1 aromatic carbocycles. The number of carbonyl (C=O) groups is 3. The first-order chi connectivity index (χ1) is 12.0. The second-order valence-electron chi connectivity index (χ2n) is 5.77. The monoisotopic (exact) mass is 349 g/mol. The highest BCUT2D eigenvalue weighted by Gasteiger charge is 2.15. The minimum atomic E-state index is -0.514. The largest absolute Gasteiger partial charge is 0.456 e. The van der Waals surface area contributed by atoms with Gasteiger partial charge in [-0.15, -0.1) is 0 Å². The highest BCUT2D eigenvalue weighted by Crippen LogP contribution is 2.17. The molecule has 0 aliphatic carbocycles. The lowest BCUT2D eigenvalue weighted by atomic mass is 9.98. The van der Waals surface area contributed by atoms with E-state index in [-0.39, 0.29) is 18.4 Å². The maximum Gasteiger partial charge on any atom is 0.303 e. The molecule has 0 bridgehead atoms. The van der Waals surface area contributed by atoms with Crippen molar-refractivity contribution in [2.24, 2.45) is 5.92 Å². The fourth-order valence-electron chi connectivity index (χ4n) is 2.20. The van der Waals surface area contributed by atoms with Crippen LogP contribution in [0.1, 0.15) is 46.5 Å². The maximum absolute atomic E-state index is 12.3. The average Bonchev–Trinajstić information content (AvgIpc) is 2.60. The minimum absolute atomic E-state index is 0.0262. The van der Waals surface area contributed by atoms with Crippen LogP contribution in [0.25, 0.3) is 0 Å². The van der Waals surface area contributed by atoms with E-state index in [4.69, 9.17) is 0 Å². The van der Waals surface area contributed by atoms with E-state index in [1.807, 2.05) is 6.92 Å². The fraction of sp³-hybridized carbons (Fsp3) is 0.500. The van der Waals surface area contributed by atoms with E-state index in [0.717, 1.165) is 25.7 Å². The number of hydrogen-bond donors (Lipinski definition) is 3. The summed E-state index contributed by atoms with van der Waals surface area (Å²) in [5.41, 5.74) is 6.47. The molecule has 0 heterocycles. The van der Waals surface area contributed by atoms with Crippen molar-refractivity contribution in [1.29, 1.82) is 0 Å². The summed E-state index contributed by atoms with van der Waals surface area (Å²) in [5, 5.41) is 2.92. The minimum Gasteiger partial charge on any atom is -0.456 e. The Morgan fingerprint density at radius 3 is 2.28 bits per heavy atom. The van der Waals surface area contributed by atoms with Gasteiger partial charge in [0.15, 0.2) is 6.61 Å². The van der Waals surface area contributed by atoms with Crippen molar-refractivity contribution in [2.45, 2.75) is 46.5 Å². The number of ether oxygens (including phenoxy) is 1. The van der Waals surface area contributed by atoms with E-state index < -0.39 is 11.9 Å². The third kappa shape index (κ3) is 8.19. The maximum atomic E-state index is 12.3. The summed E-state index contributed by atoms with van der Waals surface area (Å²) >= 11 is 0. The highest BCUT2D eigenvalue weighted by molar-refractivity contribution is 5.92. The summed E-state index contributed by atoms with van der Waals surface area (Å²) in [5.74, 6) is -0.918. The van der Waals surface area contributed by atoms with Gasteiger partial charge in [0.05, 0.1) is 5.69 Å². The topological polar surface area (TPSA) is 96.5 Å². The van der Waals surface area contributed by atoms with E-state index in [9.17, 15) is 14.4 Å². The standard InChI is InChI=1S/C18H27N3O4/c1-4-6-7-14(5-2)18(24)19-15-8-10-16(11-9-15)20-21-17(23)12-25-13(3)22/h8-11,14,20H,4-7,12H2,1-3H3,(H,19,24)(H,21,23). The number of carbonyl (C=O) groups excluding carboxylic acids is 3. The summed E-state index contributed by atoms with van der Waals surface area (Å²) in [4.78, 5) is 34.3. The Bertz CT molecular complexity index is 572. The lowest BCUT2D eigenvalue weighted by Crippen LogP contribution is -2.33. The second kappa shape index (κ2) is 11.1. The van der Waals surface area contributed by atoms with Crippen LogP contribution in [0, 0.1) is 5.92 Å². The van der Waals surface area contributed by atoms with Gasteiger partial charge >= 0.3 is 5.97 Å². The van der Waals surface area contributed by atoms with Gasteiger partial charge < -0.3 is 10.1 Å². The van der Waals surface area contributed by atoms with Crippen molar-refractivity contribution in [3.8, 4) is 0 Å². The Labute approximate surface area is 148 Å². The molecule has 1 unspecified atom stereocenters. The van der Waals surface area contributed by atoms with E-state index in [0.29, 0.717) is 11.4 Å². The number of hydrogen-bond acceptors (Lipinski definition) is 5. The Hall–Kier alpha value is -2.57. The molecule has 0 saturated heterocycles. The molecule has 3 N–H and O–H groups in total. The van der Waals surface area contributed by atoms with Crippen LogP contribution in [0.5, 0.6) is 0 Å². The van der Waals surface area contributed by atoms with E-state index in [1.54, 1.807) is 24.3 Å². The number of nitrogens with one attached hydrogen (secondary N) is 3. The molecule has 25 heavy (non-hydrogen) atoms. The Morgan fingerprint density at radius 2 is 1.72 bits per heavy atom. The molecule has 0 aliphatic heterocycles. The molecule has 7 heteroatoms. The molecule has 0 aromatic heterocycles. The molecular weight excluding hydrogens is 322 g/mol. The third-order valence-corrected chi connectivity index (χ3v) is 3.67. The van der Waals surface area contributed by atoms with Crippen LogP contribution in [0.3, 0.4) is 0 Å². The third-order valence-electron chi connectivity index (χ3n) is 3.67. The van der Waals surface area contributed by atoms with Crippen molar-refractivity contribution >= 4 is 29.2 Å². The van der Waals surface area contributed by atoms with Gasteiger partial charge in [-0.2, -0.15) is 0 Å². The summed E-state index contributed by atoms with van der Waals surface area (Å²) < 4.78 is 4.58. The summed E-state index contributed by atoms with van der Waals surface area (Å²) in [7, 11) is 0. The molecule has 0 saturated carbocycles. The van der Waals surface area contributed by atoms with Crippen LogP contribution in [0.2, 0.25) is 0 Å². The van der Waals surface area contributed by atoms with Gasteiger partial charge in [0.2, 0.25) is 5.91 Å². The Balaban J connectivity index is 2.46. The zero-order valence-corrected chi connectivity index (χ0v) is 15.1. The zero-order valence-electron chi connectivity index (χ0n) is 15.1. The number of amides is 2. The van der Waals surface area contributed by atoms with Gasteiger partial charge in [-0.25, -0.2) is 0 Å². The zero-order chi connectivity index (χ0) is 18.7. The van der Waals surface area contributed by atoms with Gasteiger partial charge in [0.25, 0.3) is 5.91 Å². The number of anilines is 2. The van der Waals surface area contributed by atoms with Crippen molar-refractivity contribution < 1.29 is 19.1 Å².